The Morgan fingerprint density at radius 1 is 1.12 bits per heavy atom. The summed E-state index contributed by atoms with van der Waals surface area (Å²) in [6.45, 7) is 2.43. The number of ether oxygens (including phenoxy) is 2. The first-order valence-electron chi connectivity index (χ1n) is 11.1. The zero-order valence-electron chi connectivity index (χ0n) is 18.1. The molecule has 2 aromatic carbocycles. The molecule has 2 aromatic rings. The number of rotatable bonds is 7. The number of amides is 1. The van der Waals surface area contributed by atoms with Crippen molar-refractivity contribution in [3.8, 4) is 11.5 Å². The SMILES string of the molecule is CCOc1cc(C=C2NC(=S)N(C3CCCCC3)C2=O)ccc1OCc1ccccc1F. The van der Waals surface area contributed by atoms with Gasteiger partial charge in [0.15, 0.2) is 16.6 Å². The smallest absolute Gasteiger partial charge is 0.276 e. The minimum Gasteiger partial charge on any atom is -0.490 e. The quantitative estimate of drug-likeness (QED) is 0.461. The molecule has 168 valence electrons. The fraction of sp³-hybridized carbons (Fsp3) is 0.360. The normalized spacial score (nSPS) is 18.2. The molecule has 1 aliphatic heterocycles. The zero-order valence-corrected chi connectivity index (χ0v) is 18.9. The molecule has 5 nitrogen and oxygen atoms in total. The van der Waals surface area contributed by atoms with Crippen molar-refractivity contribution in [1.82, 2.24) is 10.2 Å². The van der Waals surface area contributed by atoms with Crippen LogP contribution in [0.2, 0.25) is 0 Å². The number of halogens is 1. The van der Waals surface area contributed by atoms with Crippen molar-refractivity contribution in [1.29, 1.82) is 0 Å². The summed E-state index contributed by atoms with van der Waals surface area (Å²) in [6, 6.07) is 12.1. The second-order valence-electron chi connectivity index (χ2n) is 7.97. The Balaban J connectivity index is 1.51. The molecule has 0 aromatic heterocycles. The number of hydrogen-bond acceptors (Lipinski definition) is 4. The summed E-state index contributed by atoms with van der Waals surface area (Å²) in [5, 5.41) is 3.55. The molecule has 0 atom stereocenters. The van der Waals surface area contributed by atoms with Crippen LogP contribution in [0.1, 0.15) is 50.2 Å². The minimum atomic E-state index is -0.309. The molecule has 1 amide bonds. The summed E-state index contributed by atoms with van der Waals surface area (Å²) in [6.07, 6.45) is 7.23. The van der Waals surface area contributed by atoms with E-state index in [0.717, 1.165) is 31.2 Å². The summed E-state index contributed by atoms with van der Waals surface area (Å²) in [7, 11) is 0. The van der Waals surface area contributed by atoms with Crippen LogP contribution in [-0.2, 0) is 11.4 Å². The molecular formula is C25H27FN2O3S. The standard InChI is InChI=1S/C25H27FN2O3S/c1-2-30-23-15-17(12-13-22(23)31-16-18-8-6-7-11-20(18)26)14-21-24(29)28(25(32)27-21)19-9-4-3-5-10-19/h6-8,11-15,19H,2-5,9-10,16H2,1H3,(H,27,32). The number of thiocarbonyl (C=S) groups is 1. The number of carbonyl (C=O) groups excluding carboxylic acids is 1. The van der Waals surface area contributed by atoms with Crippen LogP contribution in [0.15, 0.2) is 48.2 Å². The molecule has 0 unspecified atom stereocenters. The number of nitrogens with one attached hydrogen (secondary N) is 1. The van der Waals surface area contributed by atoms with E-state index >= 15 is 0 Å². The van der Waals surface area contributed by atoms with Gasteiger partial charge in [0.25, 0.3) is 5.91 Å². The highest BCUT2D eigenvalue weighted by atomic mass is 32.1. The summed E-state index contributed by atoms with van der Waals surface area (Å²) in [4.78, 5) is 14.7. The third kappa shape index (κ3) is 4.93. The molecule has 1 aliphatic carbocycles. The molecule has 1 saturated carbocycles. The third-order valence-electron chi connectivity index (χ3n) is 5.77. The molecule has 32 heavy (non-hydrogen) atoms. The lowest BCUT2D eigenvalue weighted by molar-refractivity contribution is -0.124. The lowest BCUT2D eigenvalue weighted by Gasteiger charge is -2.29. The van der Waals surface area contributed by atoms with Crippen molar-refractivity contribution in [2.24, 2.45) is 0 Å². The van der Waals surface area contributed by atoms with Crippen molar-refractivity contribution in [3.05, 3.63) is 65.1 Å². The van der Waals surface area contributed by atoms with Crippen LogP contribution >= 0.6 is 12.2 Å². The van der Waals surface area contributed by atoms with E-state index in [0.29, 0.717) is 34.5 Å². The van der Waals surface area contributed by atoms with Gasteiger partial charge >= 0.3 is 0 Å². The molecule has 4 rings (SSSR count). The van der Waals surface area contributed by atoms with Crippen LogP contribution < -0.4 is 14.8 Å². The topological polar surface area (TPSA) is 50.8 Å². The Morgan fingerprint density at radius 3 is 2.66 bits per heavy atom. The molecule has 1 heterocycles. The van der Waals surface area contributed by atoms with Crippen LogP contribution in [0.3, 0.4) is 0 Å². The second kappa shape index (κ2) is 10.1. The summed E-state index contributed by atoms with van der Waals surface area (Å²) >= 11 is 5.45. The first kappa shape index (κ1) is 22.3. The highest BCUT2D eigenvalue weighted by molar-refractivity contribution is 7.80. The molecule has 0 radical (unpaired) electrons. The molecule has 7 heteroatoms. The molecule has 2 aliphatic rings. The van der Waals surface area contributed by atoms with Gasteiger partial charge in [-0.2, -0.15) is 0 Å². The highest BCUT2D eigenvalue weighted by Gasteiger charge is 2.36. The fourth-order valence-corrected chi connectivity index (χ4v) is 4.50. The number of hydrogen-bond donors (Lipinski definition) is 1. The van der Waals surface area contributed by atoms with E-state index in [2.05, 4.69) is 5.32 Å². The predicted molar refractivity (Wildman–Crippen MR) is 126 cm³/mol. The lowest BCUT2D eigenvalue weighted by atomic mass is 9.94. The predicted octanol–water partition coefficient (Wildman–Crippen LogP) is 5.19. The largest absolute Gasteiger partial charge is 0.490 e. The van der Waals surface area contributed by atoms with Crippen LogP contribution in [0, 0.1) is 5.82 Å². The van der Waals surface area contributed by atoms with E-state index in [9.17, 15) is 9.18 Å². The Hall–Kier alpha value is -2.93. The number of benzene rings is 2. The van der Waals surface area contributed by atoms with Gasteiger partial charge in [0, 0.05) is 11.6 Å². The maximum Gasteiger partial charge on any atom is 0.276 e. The van der Waals surface area contributed by atoms with Gasteiger partial charge in [0.1, 0.15) is 18.1 Å². The van der Waals surface area contributed by atoms with Crippen LogP contribution in [0.5, 0.6) is 11.5 Å². The van der Waals surface area contributed by atoms with Gasteiger partial charge in [-0.3, -0.25) is 9.69 Å². The minimum absolute atomic E-state index is 0.0836. The number of carbonyl (C=O) groups is 1. The second-order valence-corrected chi connectivity index (χ2v) is 8.36. The maximum atomic E-state index is 13.9. The van der Waals surface area contributed by atoms with Gasteiger partial charge in [0.05, 0.1) is 6.61 Å². The average molecular weight is 455 g/mol. The van der Waals surface area contributed by atoms with Crippen molar-refractivity contribution < 1.29 is 18.7 Å². The Bertz CT molecular complexity index is 1030. The van der Waals surface area contributed by atoms with E-state index < -0.39 is 0 Å². The maximum absolute atomic E-state index is 13.9. The third-order valence-corrected chi connectivity index (χ3v) is 6.07. The molecule has 0 spiro atoms. The summed E-state index contributed by atoms with van der Waals surface area (Å²) in [5.74, 6) is 0.661. The molecule has 0 bridgehead atoms. The van der Waals surface area contributed by atoms with Gasteiger partial charge < -0.3 is 14.8 Å². The van der Waals surface area contributed by atoms with Crippen LogP contribution in [0.25, 0.3) is 6.08 Å². The van der Waals surface area contributed by atoms with Crippen molar-refractivity contribution >= 4 is 29.3 Å². The Labute approximate surface area is 193 Å². The molecular weight excluding hydrogens is 427 g/mol. The van der Waals surface area contributed by atoms with Crippen molar-refractivity contribution in [3.63, 3.8) is 0 Å². The molecule has 1 N–H and O–H groups in total. The van der Waals surface area contributed by atoms with E-state index in [1.165, 1.54) is 12.5 Å². The summed E-state index contributed by atoms with van der Waals surface area (Å²) in [5.41, 5.74) is 1.72. The van der Waals surface area contributed by atoms with Gasteiger partial charge in [0.2, 0.25) is 0 Å². The fourth-order valence-electron chi connectivity index (χ4n) is 4.16. The Morgan fingerprint density at radius 2 is 1.91 bits per heavy atom. The average Bonchev–Trinajstić information content (AvgIpc) is 3.07. The molecule has 1 saturated heterocycles. The summed E-state index contributed by atoms with van der Waals surface area (Å²) < 4.78 is 25.4. The first-order chi connectivity index (χ1) is 15.6. The van der Waals surface area contributed by atoms with E-state index in [1.54, 1.807) is 35.2 Å². The molecule has 2 fully saturated rings. The Kier molecular flexibility index (Phi) is 7.05. The highest BCUT2D eigenvalue weighted by Crippen LogP contribution is 2.31. The van der Waals surface area contributed by atoms with Crippen molar-refractivity contribution in [2.75, 3.05) is 6.61 Å². The van der Waals surface area contributed by atoms with E-state index in [1.807, 2.05) is 19.1 Å². The van der Waals surface area contributed by atoms with Gasteiger partial charge in [-0.05, 0) is 61.8 Å². The lowest BCUT2D eigenvalue weighted by Crippen LogP contribution is -2.41. The van der Waals surface area contributed by atoms with Crippen LogP contribution in [-0.4, -0.2) is 28.6 Å². The van der Waals surface area contributed by atoms with Crippen molar-refractivity contribution in [2.45, 2.75) is 51.7 Å². The van der Waals surface area contributed by atoms with Gasteiger partial charge in [-0.25, -0.2) is 4.39 Å². The monoisotopic (exact) mass is 454 g/mol. The van der Waals surface area contributed by atoms with E-state index in [-0.39, 0.29) is 24.4 Å². The van der Waals surface area contributed by atoms with Crippen LogP contribution in [0.4, 0.5) is 4.39 Å². The zero-order chi connectivity index (χ0) is 22.5. The van der Waals surface area contributed by atoms with Gasteiger partial charge in [-0.15, -0.1) is 0 Å². The number of nitrogens with zero attached hydrogens (tertiary/aromatic N) is 1. The van der Waals surface area contributed by atoms with Gasteiger partial charge in [-0.1, -0.05) is 43.5 Å². The van der Waals surface area contributed by atoms with E-state index in [4.69, 9.17) is 21.7 Å². The first-order valence-corrected chi connectivity index (χ1v) is 11.5.